The van der Waals surface area contributed by atoms with Gasteiger partial charge in [0.15, 0.2) is 0 Å². The standard InChI is InChI=1S/C24H17BrCl3F9N2O3/c1-42-9-17(20(41)39-21(23(32,33)34)24(35,36)37)38-19(40)12-4-2-10(6-14(12)25)3-5-13(22(29,30)31)11-7-15(26)18(28)16(27)8-11/h2-8,13,17,21H,9H2,1H3,(H,38,40)(H,39,41)/b5-3+. The third-order valence-electron chi connectivity index (χ3n) is 5.33. The Morgan fingerprint density at radius 1 is 0.905 bits per heavy atom. The van der Waals surface area contributed by atoms with Gasteiger partial charge in [-0.2, -0.15) is 39.5 Å². The fourth-order valence-corrected chi connectivity index (χ4v) is 4.56. The topological polar surface area (TPSA) is 67.4 Å². The predicted molar refractivity (Wildman–Crippen MR) is 141 cm³/mol. The minimum atomic E-state index is -5.88. The van der Waals surface area contributed by atoms with Crippen molar-refractivity contribution in [3.05, 3.63) is 72.6 Å². The molecule has 2 N–H and O–H groups in total. The zero-order chi connectivity index (χ0) is 32.2. The van der Waals surface area contributed by atoms with Crippen molar-refractivity contribution >= 4 is 68.6 Å². The van der Waals surface area contributed by atoms with E-state index in [0.717, 1.165) is 42.8 Å². The summed E-state index contributed by atoms with van der Waals surface area (Å²) >= 11 is 20.5. The lowest BCUT2D eigenvalue weighted by Gasteiger charge is -2.26. The first-order chi connectivity index (χ1) is 19.2. The molecule has 5 nitrogen and oxygen atoms in total. The number of halogens is 13. The number of amides is 2. The number of allylic oxidation sites excluding steroid dienone is 1. The van der Waals surface area contributed by atoms with Crippen LogP contribution in [0.5, 0.6) is 0 Å². The van der Waals surface area contributed by atoms with Crippen LogP contribution in [0.2, 0.25) is 15.1 Å². The minimum Gasteiger partial charge on any atom is -0.382 e. The smallest absolute Gasteiger partial charge is 0.382 e. The Morgan fingerprint density at radius 2 is 1.45 bits per heavy atom. The summed E-state index contributed by atoms with van der Waals surface area (Å²) < 4.78 is 123. The van der Waals surface area contributed by atoms with Gasteiger partial charge in [0.2, 0.25) is 11.9 Å². The van der Waals surface area contributed by atoms with E-state index in [1.54, 1.807) is 0 Å². The molecule has 0 aliphatic rings. The van der Waals surface area contributed by atoms with E-state index < -0.39 is 55.0 Å². The summed E-state index contributed by atoms with van der Waals surface area (Å²) in [5.41, 5.74) is -0.426. The molecular formula is C24H17BrCl3F9N2O3. The number of nitrogens with one attached hydrogen (secondary N) is 2. The van der Waals surface area contributed by atoms with Crippen LogP contribution in [0.4, 0.5) is 39.5 Å². The molecule has 18 heteroatoms. The van der Waals surface area contributed by atoms with Gasteiger partial charge < -0.3 is 15.4 Å². The van der Waals surface area contributed by atoms with Crippen molar-refractivity contribution < 1.29 is 53.8 Å². The first-order valence-electron chi connectivity index (χ1n) is 11.1. The molecule has 0 saturated carbocycles. The number of hydrogen-bond donors (Lipinski definition) is 2. The van der Waals surface area contributed by atoms with E-state index >= 15 is 0 Å². The lowest BCUT2D eigenvalue weighted by atomic mass is 9.97. The molecule has 0 aliphatic carbocycles. The Labute approximate surface area is 255 Å². The van der Waals surface area contributed by atoms with E-state index in [1.165, 1.54) is 12.1 Å². The molecule has 232 valence electrons. The number of hydrogen-bond acceptors (Lipinski definition) is 3. The highest BCUT2D eigenvalue weighted by Gasteiger charge is 2.58. The van der Waals surface area contributed by atoms with Gasteiger partial charge in [0.1, 0.15) is 6.04 Å². The summed E-state index contributed by atoms with van der Waals surface area (Å²) in [4.78, 5) is 24.9. The van der Waals surface area contributed by atoms with Gasteiger partial charge in [-0.1, -0.05) is 53.0 Å². The van der Waals surface area contributed by atoms with Crippen molar-refractivity contribution in [3.8, 4) is 0 Å². The van der Waals surface area contributed by atoms with Crippen LogP contribution < -0.4 is 10.6 Å². The highest BCUT2D eigenvalue weighted by Crippen LogP contribution is 2.41. The van der Waals surface area contributed by atoms with E-state index in [-0.39, 0.29) is 36.2 Å². The highest BCUT2D eigenvalue weighted by molar-refractivity contribution is 9.10. The van der Waals surface area contributed by atoms with Crippen LogP contribution in [-0.4, -0.2) is 56.1 Å². The predicted octanol–water partition coefficient (Wildman–Crippen LogP) is 8.12. The lowest BCUT2D eigenvalue weighted by molar-refractivity contribution is -0.257. The number of rotatable bonds is 9. The maximum atomic E-state index is 13.8. The Bertz CT molecular complexity index is 1300. The first kappa shape index (κ1) is 36.0. The molecule has 2 aromatic rings. The molecule has 2 atom stereocenters. The number of carbonyl (C=O) groups excluding carboxylic acids is 2. The molecule has 0 bridgehead atoms. The van der Waals surface area contributed by atoms with Crippen LogP contribution in [0.3, 0.4) is 0 Å². The van der Waals surface area contributed by atoms with Gasteiger partial charge in [0.25, 0.3) is 5.91 Å². The van der Waals surface area contributed by atoms with Gasteiger partial charge in [0.05, 0.1) is 33.2 Å². The fraction of sp³-hybridized carbons (Fsp3) is 0.333. The van der Waals surface area contributed by atoms with Crippen LogP contribution in [0, 0.1) is 0 Å². The van der Waals surface area contributed by atoms with Gasteiger partial charge in [-0.05, 0) is 51.3 Å². The third-order valence-corrected chi connectivity index (χ3v) is 7.19. The lowest BCUT2D eigenvalue weighted by Crippen LogP contribution is -2.59. The maximum absolute atomic E-state index is 13.8. The summed E-state index contributed by atoms with van der Waals surface area (Å²) in [6, 6.07) is -0.693. The van der Waals surface area contributed by atoms with Gasteiger partial charge in [-0.3, -0.25) is 9.59 Å². The van der Waals surface area contributed by atoms with E-state index in [9.17, 15) is 49.1 Å². The Morgan fingerprint density at radius 3 is 1.90 bits per heavy atom. The van der Waals surface area contributed by atoms with Gasteiger partial charge in [0, 0.05) is 11.6 Å². The van der Waals surface area contributed by atoms with Crippen LogP contribution in [-0.2, 0) is 9.53 Å². The summed E-state index contributed by atoms with van der Waals surface area (Å²) in [5.74, 6) is -5.12. The Kier molecular flexibility index (Phi) is 12.0. The van der Waals surface area contributed by atoms with E-state index in [1.807, 2.05) is 5.32 Å². The molecule has 2 rings (SSSR count). The monoisotopic (exact) mass is 736 g/mol. The molecule has 42 heavy (non-hydrogen) atoms. The molecule has 0 spiro atoms. The quantitative estimate of drug-likeness (QED) is 0.202. The Balaban J connectivity index is 2.28. The van der Waals surface area contributed by atoms with Crippen LogP contribution in [0.25, 0.3) is 6.08 Å². The molecule has 0 aromatic heterocycles. The van der Waals surface area contributed by atoms with Crippen LogP contribution >= 0.6 is 50.7 Å². The summed E-state index contributed by atoms with van der Waals surface area (Å²) in [6.07, 6.45) is -14.7. The molecule has 0 heterocycles. The molecule has 0 fully saturated rings. The summed E-state index contributed by atoms with van der Waals surface area (Å²) in [6.45, 7) is -0.796. The number of benzene rings is 2. The zero-order valence-electron chi connectivity index (χ0n) is 20.6. The average Bonchev–Trinajstić information content (AvgIpc) is 2.83. The summed E-state index contributed by atoms with van der Waals surface area (Å²) in [5, 5.41) is 2.24. The zero-order valence-corrected chi connectivity index (χ0v) is 24.5. The van der Waals surface area contributed by atoms with Crippen LogP contribution in [0.15, 0.2) is 40.9 Å². The van der Waals surface area contributed by atoms with E-state index in [2.05, 4.69) is 20.7 Å². The number of alkyl halides is 9. The molecule has 0 saturated heterocycles. The molecular weight excluding hydrogens is 722 g/mol. The number of carbonyl (C=O) groups is 2. The molecule has 0 radical (unpaired) electrons. The molecule has 2 unspecified atom stereocenters. The van der Waals surface area contributed by atoms with Crippen molar-refractivity contribution in [1.82, 2.24) is 10.6 Å². The second-order valence-electron chi connectivity index (χ2n) is 8.42. The van der Waals surface area contributed by atoms with Crippen molar-refractivity contribution in [3.63, 3.8) is 0 Å². The second kappa shape index (κ2) is 14.1. The normalized spacial score (nSPS) is 14.3. The number of methoxy groups -OCH3 is 1. The molecule has 0 aliphatic heterocycles. The van der Waals surface area contributed by atoms with E-state index in [4.69, 9.17) is 34.8 Å². The van der Waals surface area contributed by atoms with E-state index in [0.29, 0.717) is 0 Å². The first-order valence-corrected chi connectivity index (χ1v) is 13.0. The summed E-state index contributed by atoms with van der Waals surface area (Å²) in [7, 11) is 0.981. The third kappa shape index (κ3) is 9.66. The van der Waals surface area contributed by atoms with Gasteiger partial charge in [-0.25, -0.2) is 0 Å². The highest BCUT2D eigenvalue weighted by atomic mass is 79.9. The SMILES string of the molecule is COCC(NC(=O)c1ccc(/C=C/C(c2cc(Cl)c(Cl)c(Cl)c2)C(F)(F)F)cc1Br)C(=O)NC(C(F)(F)F)C(F)(F)F. The average molecular weight is 739 g/mol. The van der Waals surface area contributed by atoms with Crippen molar-refractivity contribution in [1.29, 1.82) is 0 Å². The Hall–Kier alpha value is -2.20. The van der Waals surface area contributed by atoms with Gasteiger partial charge >= 0.3 is 18.5 Å². The maximum Gasteiger partial charge on any atom is 0.417 e. The minimum absolute atomic E-state index is 0.0386. The number of ether oxygens (including phenoxy) is 1. The largest absolute Gasteiger partial charge is 0.417 e. The molecule has 2 amide bonds. The van der Waals surface area contributed by atoms with Crippen molar-refractivity contribution in [2.75, 3.05) is 13.7 Å². The molecule has 2 aromatic carbocycles. The van der Waals surface area contributed by atoms with Crippen LogP contribution in [0.1, 0.15) is 27.4 Å². The van der Waals surface area contributed by atoms with Gasteiger partial charge in [-0.15, -0.1) is 0 Å². The fourth-order valence-electron chi connectivity index (χ4n) is 3.37. The second-order valence-corrected chi connectivity index (χ2v) is 10.5. The van der Waals surface area contributed by atoms with Crippen molar-refractivity contribution in [2.45, 2.75) is 36.5 Å². The van der Waals surface area contributed by atoms with Crippen molar-refractivity contribution in [2.24, 2.45) is 0 Å².